The zero-order chi connectivity index (χ0) is 22.6. The molecule has 2 aromatic rings. The zero-order valence-electron chi connectivity index (χ0n) is 18.0. The van der Waals surface area contributed by atoms with Crippen molar-refractivity contribution in [2.24, 2.45) is 0 Å². The lowest BCUT2D eigenvalue weighted by atomic mass is 9.77. The van der Waals surface area contributed by atoms with Gasteiger partial charge in [-0.3, -0.25) is 0 Å². The smallest absolute Gasteiger partial charge is 0.477 e. The van der Waals surface area contributed by atoms with Crippen molar-refractivity contribution >= 4 is 36.6 Å². The average Bonchev–Trinajstić information content (AvgIpc) is 3.26. The number of carbonyl (C=O) groups is 2. The highest BCUT2D eigenvalue weighted by molar-refractivity contribution is 7.14. The third-order valence-electron chi connectivity index (χ3n) is 5.37. The molecule has 1 aliphatic rings. The first-order valence-corrected chi connectivity index (χ1v) is 10.7. The van der Waals surface area contributed by atoms with Gasteiger partial charge in [0.1, 0.15) is 11.5 Å². The number of amides is 1. The minimum Gasteiger partial charge on any atom is -0.477 e. The van der Waals surface area contributed by atoms with Crippen molar-refractivity contribution in [1.29, 1.82) is 0 Å². The van der Waals surface area contributed by atoms with Gasteiger partial charge in [-0.05, 0) is 56.9 Å². The summed E-state index contributed by atoms with van der Waals surface area (Å²) >= 11 is 1.14. The molecule has 1 saturated heterocycles. The van der Waals surface area contributed by atoms with Crippen molar-refractivity contribution in [3.05, 3.63) is 63.3 Å². The fraction of sp³-hybridized carbons (Fsp3) is 0.364. The van der Waals surface area contributed by atoms with Crippen LogP contribution in [0.4, 0.5) is 4.79 Å². The second-order valence-electron chi connectivity index (χ2n) is 8.23. The molecule has 9 heteroatoms. The highest BCUT2D eigenvalue weighted by atomic mass is 32.1. The molecule has 0 radical (unpaired) electrons. The maximum atomic E-state index is 12.2. The number of hydrogen-bond donors (Lipinski definition) is 2. The van der Waals surface area contributed by atoms with Crippen molar-refractivity contribution in [3.63, 3.8) is 0 Å². The number of ether oxygens (including phenoxy) is 1. The Labute approximate surface area is 186 Å². The van der Waals surface area contributed by atoms with E-state index in [1.54, 1.807) is 18.2 Å². The zero-order valence-corrected chi connectivity index (χ0v) is 18.8. The van der Waals surface area contributed by atoms with E-state index < -0.39 is 30.4 Å². The number of rotatable bonds is 7. The normalized spacial score (nSPS) is 17.4. The van der Waals surface area contributed by atoms with Crippen LogP contribution in [0.15, 0.2) is 47.9 Å². The van der Waals surface area contributed by atoms with E-state index >= 15 is 0 Å². The molecule has 7 nitrogen and oxygen atoms in total. The standard InChI is InChI=1S/C22H26BNO6S/c1-21(2)22(3,4)30-23(29-21)16(12-17-10-11-18(31-17)19(25)26)13-24-20(27)28-14-15-8-6-5-7-9-15/h5-12H,13-14H2,1-4H3,(H,24,27)(H,25,26). The molecule has 1 aliphatic heterocycles. The maximum Gasteiger partial charge on any atom is 0.492 e. The number of benzene rings is 1. The molecule has 0 atom stereocenters. The molecule has 1 aromatic heterocycles. The van der Waals surface area contributed by atoms with Crippen molar-refractivity contribution in [1.82, 2.24) is 5.32 Å². The lowest BCUT2D eigenvalue weighted by Crippen LogP contribution is -2.41. The summed E-state index contributed by atoms with van der Waals surface area (Å²) in [5.74, 6) is -0.982. The van der Waals surface area contributed by atoms with E-state index in [1.807, 2.05) is 58.0 Å². The molecule has 0 saturated carbocycles. The van der Waals surface area contributed by atoms with Crippen molar-refractivity contribution < 1.29 is 28.7 Å². The summed E-state index contributed by atoms with van der Waals surface area (Å²) in [5, 5.41) is 11.9. The van der Waals surface area contributed by atoms with Crippen LogP contribution < -0.4 is 5.32 Å². The predicted octanol–water partition coefficient (Wildman–Crippen LogP) is 4.39. The molecule has 0 unspecified atom stereocenters. The Hall–Kier alpha value is -2.62. The molecule has 0 bridgehead atoms. The van der Waals surface area contributed by atoms with E-state index in [1.165, 1.54) is 0 Å². The molecule has 3 rings (SSSR count). The summed E-state index contributed by atoms with van der Waals surface area (Å²) < 4.78 is 17.5. The minimum absolute atomic E-state index is 0.130. The Morgan fingerprint density at radius 2 is 1.74 bits per heavy atom. The number of carboxylic acid groups (broad SMARTS) is 1. The monoisotopic (exact) mass is 443 g/mol. The van der Waals surface area contributed by atoms with Gasteiger partial charge in [-0.25, -0.2) is 9.59 Å². The van der Waals surface area contributed by atoms with Crippen LogP contribution in [0.3, 0.4) is 0 Å². The van der Waals surface area contributed by atoms with Crippen LogP contribution in [-0.4, -0.2) is 42.0 Å². The lowest BCUT2D eigenvalue weighted by molar-refractivity contribution is 0.00578. The molecule has 164 valence electrons. The number of carbonyl (C=O) groups excluding carboxylic acids is 1. The number of aromatic carboxylic acids is 1. The van der Waals surface area contributed by atoms with Gasteiger partial charge in [0.15, 0.2) is 0 Å². The van der Waals surface area contributed by atoms with Crippen molar-refractivity contribution in [2.45, 2.75) is 45.5 Å². The fourth-order valence-corrected chi connectivity index (χ4v) is 3.70. The molecule has 1 aromatic carbocycles. The van der Waals surface area contributed by atoms with Crippen LogP contribution in [0, 0.1) is 0 Å². The van der Waals surface area contributed by atoms with E-state index in [2.05, 4.69) is 5.32 Å². The van der Waals surface area contributed by atoms with Crippen LogP contribution in [0.25, 0.3) is 6.08 Å². The van der Waals surface area contributed by atoms with Crippen molar-refractivity contribution in [3.8, 4) is 0 Å². The Bertz CT molecular complexity index is 953. The Morgan fingerprint density at radius 1 is 1.10 bits per heavy atom. The highest BCUT2D eigenvalue weighted by Gasteiger charge is 2.52. The van der Waals surface area contributed by atoms with Gasteiger partial charge >= 0.3 is 19.2 Å². The van der Waals surface area contributed by atoms with E-state index in [4.69, 9.17) is 14.0 Å². The SMILES string of the molecule is CC1(C)OB(C(=Cc2ccc(C(=O)O)s2)CNC(=O)OCc2ccccc2)OC1(C)C. The summed E-state index contributed by atoms with van der Waals surface area (Å²) in [6.45, 7) is 8.07. The average molecular weight is 443 g/mol. The van der Waals surface area contributed by atoms with E-state index in [-0.39, 0.29) is 18.0 Å². The van der Waals surface area contributed by atoms with Gasteiger partial charge in [-0.15, -0.1) is 11.3 Å². The quantitative estimate of drug-likeness (QED) is 0.617. The summed E-state index contributed by atoms with van der Waals surface area (Å²) in [6.07, 6.45) is 1.22. The summed E-state index contributed by atoms with van der Waals surface area (Å²) in [5.41, 5.74) is 0.451. The molecule has 1 fully saturated rings. The summed E-state index contributed by atoms with van der Waals surface area (Å²) in [6, 6.07) is 12.7. The highest BCUT2D eigenvalue weighted by Crippen LogP contribution is 2.39. The third-order valence-corrected chi connectivity index (χ3v) is 6.39. The number of hydrogen-bond acceptors (Lipinski definition) is 6. The first kappa shape index (κ1) is 23.1. The Morgan fingerprint density at radius 3 is 2.32 bits per heavy atom. The Balaban J connectivity index is 1.72. The van der Waals surface area contributed by atoms with Crippen molar-refractivity contribution in [2.75, 3.05) is 6.54 Å². The van der Waals surface area contributed by atoms with Gasteiger partial charge in [0, 0.05) is 11.4 Å². The van der Waals surface area contributed by atoms with Crippen LogP contribution >= 0.6 is 11.3 Å². The van der Waals surface area contributed by atoms with Gasteiger partial charge < -0.3 is 24.5 Å². The molecular weight excluding hydrogens is 417 g/mol. The first-order chi connectivity index (χ1) is 14.6. The van der Waals surface area contributed by atoms with Crippen LogP contribution in [0.1, 0.15) is 47.8 Å². The van der Waals surface area contributed by atoms with Gasteiger partial charge in [-0.1, -0.05) is 30.3 Å². The van der Waals surface area contributed by atoms with Gasteiger partial charge in [0.05, 0.1) is 11.2 Å². The van der Waals surface area contributed by atoms with Gasteiger partial charge in [0.25, 0.3) is 0 Å². The summed E-state index contributed by atoms with van der Waals surface area (Å²) in [7, 11) is -0.685. The maximum absolute atomic E-state index is 12.2. The molecule has 31 heavy (non-hydrogen) atoms. The van der Waals surface area contributed by atoms with E-state index in [0.717, 1.165) is 21.8 Å². The Kier molecular flexibility index (Phi) is 6.88. The third kappa shape index (κ3) is 5.75. The number of thiophene rings is 1. The molecule has 2 heterocycles. The van der Waals surface area contributed by atoms with Crippen LogP contribution in [0.5, 0.6) is 0 Å². The second kappa shape index (κ2) is 9.26. The van der Waals surface area contributed by atoms with E-state index in [9.17, 15) is 14.7 Å². The minimum atomic E-state index is -0.982. The predicted molar refractivity (Wildman–Crippen MR) is 120 cm³/mol. The molecule has 0 spiro atoms. The van der Waals surface area contributed by atoms with Crippen LogP contribution in [-0.2, 0) is 20.7 Å². The molecule has 2 N–H and O–H groups in total. The molecular formula is C22H26BNO6S. The van der Waals surface area contributed by atoms with Gasteiger partial charge in [0.2, 0.25) is 0 Å². The number of alkyl carbamates (subject to hydrolysis) is 1. The molecule has 0 aliphatic carbocycles. The first-order valence-electron chi connectivity index (χ1n) is 9.91. The number of nitrogens with one attached hydrogen (secondary N) is 1. The topological polar surface area (TPSA) is 94.1 Å². The second-order valence-corrected chi connectivity index (χ2v) is 9.35. The number of carboxylic acids is 1. The van der Waals surface area contributed by atoms with Crippen LogP contribution in [0.2, 0.25) is 0 Å². The summed E-state index contributed by atoms with van der Waals surface area (Å²) in [4.78, 5) is 24.4. The largest absolute Gasteiger partial charge is 0.492 e. The molecule has 1 amide bonds. The van der Waals surface area contributed by atoms with E-state index in [0.29, 0.717) is 5.47 Å². The van der Waals surface area contributed by atoms with Gasteiger partial charge in [-0.2, -0.15) is 0 Å². The fourth-order valence-electron chi connectivity index (χ4n) is 2.87. The lowest BCUT2D eigenvalue weighted by Gasteiger charge is -2.32.